The van der Waals surface area contributed by atoms with Crippen LogP contribution in [0.25, 0.3) is 0 Å². The summed E-state index contributed by atoms with van der Waals surface area (Å²) in [5.41, 5.74) is 0.920. The van der Waals surface area contributed by atoms with E-state index >= 15 is 0 Å². The molecule has 0 aliphatic rings. The highest BCUT2D eigenvalue weighted by atomic mass is 16.4. The summed E-state index contributed by atoms with van der Waals surface area (Å²) in [4.78, 5) is 22.8. The molecule has 0 heterocycles. The molecule has 4 heteroatoms. The predicted octanol–water partition coefficient (Wildman–Crippen LogP) is 2.55. The van der Waals surface area contributed by atoms with Crippen LogP contribution in [0.1, 0.15) is 44.7 Å². The molecule has 1 amide bonds. The van der Waals surface area contributed by atoms with Crippen molar-refractivity contribution in [2.24, 2.45) is 0 Å². The number of carbonyl (C=O) groups excluding carboxylic acids is 1. The van der Waals surface area contributed by atoms with Crippen molar-refractivity contribution >= 4 is 11.9 Å². The third kappa shape index (κ3) is 5.03. The van der Waals surface area contributed by atoms with E-state index in [9.17, 15) is 9.59 Å². The molecule has 0 spiro atoms. The summed E-state index contributed by atoms with van der Waals surface area (Å²) in [5, 5.41) is 11.5. The van der Waals surface area contributed by atoms with E-state index < -0.39 is 11.5 Å². The van der Waals surface area contributed by atoms with E-state index in [0.717, 1.165) is 24.8 Å². The van der Waals surface area contributed by atoms with Crippen LogP contribution in [0.15, 0.2) is 24.3 Å². The van der Waals surface area contributed by atoms with Crippen LogP contribution in [0, 0.1) is 0 Å². The number of carboxylic acid groups (broad SMARTS) is 1. The fourth-order valence-corrected chi connectivity index (χ4v) is 1.84. The molecule has 0 aromatic heterocycles. The van der Waals surface area contributed by atoms with Crippen molar-refractivity contribution in [3.8, 4) is 0 Å². The average molecular weight is 277 g/mol. The van der Waals surface area contributed by atoms with E-state index in [1.54, 1.807) is 0 Å². The molecule has 0 atom stereocenters. The molecule has 4 nitrogen and oxygen atoms in total. The first-order chi connectivity index (χ1) is 9.35. The Kier molecular flexibility index (Phi) is 5.74. The van der Waals surface area contributed by atoms with Crippen LogP contribution in [-0.4, -0.2) is 22.5 Å². The van der Waals surface area contributed by atoms with Gasteiger partial charge < -0.3 is 10.4 Å². The standard InChI is InChI=1S/C16H23NO3/c1-4-5-6-12-7-9-13(10-8-12)11-14(18)17-16(2,3)15(19)20/h7-10H,4-6,11H2,1-3H3,(H,17,18)(H,19,20). The number of rotatable bonds is 7. The molecule has 0 radical (unpaired) electrons. The van der Waals surface area contributed by atoms with Crippen molar-refractivity contribution in [2.75, 3.05) is 0 Å². The van der Waals surface area contributed by atoms with Gasteiger partial charge in [0.15, 0.2) is 0 Å². The highest BCUT2D eigenvalue weighted by Crippen LogP contribution is 2.09. The summed E-state index contributed by atoms with van der Waals surface area (Å²) in [6, 6.07) is 7.91. The number of nitrogens with one attached hydrogen (secondary N) is 1. The summed E-state index contributed by atoms with van der Waals surface area (Å²) in [6.07, 6.45) is 3.57. The molecule has 1 aromatic rings. The monoisotopic (exact) mass is 277 g/mol. The van der Waals surface area contributed by atoms with E-state index in [2.05, 4.69) is 12.2 Å². The second-order valence-electron chi connectivity index (χ2n) is 5.58. The summed E-state index contributed by atoms with van der Waals surface area (Å²) in [5.74, 6) is -1.32. The van der Waals surface area contributed by atoms with Gasteiger partial charge in [0.25, 0.3) is 0 Å². The summed E-state index contributed by atoms with van der Waals surface area (Å²) in [6.45, 7) is 5.10. The van der Waals surface area contributed by atoms with Crippen LogP contribution in [0.5, 0.6) is 0 Å². The quantitative estimate of drug-likeness (QED) is 0.805. The van der Waals surface area contributed by atoms with E-state index in [0.29, 0.717) is 0 Å². The largest absolute Gasteiger partial charge is 0.480 e. The minimum absolute atomic E-state index is 0.199. The van der Waals surface area contributed by atoms with Gasteiger partial charge in [0.2, 0.25) is 5.91 Å². The first-order valence-corrected chi connectivity index (χ1v) is 6.97. The molecule has 0 bridgehead atoms. The molecule has 0 saturated heterocycles. The normalized spacial score (nSPS) is 11.2. The highest BCUT2D eigenvalue weighted by Gasteiger charge is 2.28. The van der Waals surface area contributed by atoms with Crippen LogP contribution in [0.4, 0.5) is 0 Å². The first kappa shape index (κ1) is 16.2. The number of carbonyl (C=O) groups is 2. The number of amides is 1. The van der Waals surface area contributed by atoms with Gasteiger partial charge in [-0.3, -0.25) is 4.79 Å². The third-order valence-electron chi connectivity index (χ3n) is 3.19. The molecule has 20 heavy (non-hydrogen) atoms. The molecule has 0 aliphatic heterocycles. The summed E-state index contributed by atoms with van der Waals surface area (Å²) in [7, 11) is 0. The Morgan fingerprint density at radius 3 is 2.20 bits per heavy atom. The van der Waals surface area contributed by atoms with Crippen molar-refractivity contribution in [3.05, 3.63) is 35.4 Å². The Morgan fingerprint density at radius 2 is 1.70 bits per heavy atom. The minimum Gasteiger partial charge on any atom is -0.480 e. The number of benzene rings is 1. The molecular formula is C16H23NO3. The lowest BCUT2D eigenvalue weighted by atomic mass is 10.0. The maximum absolute atomic E-state index is 11.8. The SMILES string of the molecule is CCCCc1ccc(CC(=O)NC(C)(C)C(=O)O)cc1. The van der Waals surface area contributed by atoms with Crippen LogP contribution in [-0.2, 0) is 22.4 Å². The van der Waals surface area contributed by atoms with Gasteiger partial charge in [0.1, 0.15) is 5.54 Å². The number of hydrogen-bond donors (Lipinski definition) is 2. The van der Waals surface area contributed by atoms with Gasteiger partial charge in [-0.15, -0.1) is 0 Å². The van der Waals surface area contributed by atoms with Crippen molar-refractivity contribution in [3.63, 3.8) is 0 Å². The Morgan fingerprint density at radius 1 is 1.15 bits per heavy atom. The lowest BCUT2D eigenvalue weighted by Crippen LogP contribution is -2.50. The zero-order valence-corrected chi connectivity index (χ0v) is 12.4. The second kappa shape index (κ2) is 7.08. The van der Waals surface area contributed by atoms with Crippen molar-refractivity contribution < 1.29 is 14.7 Å². The van der Waals surface area contributed by atoms with Crippen molar-refractivity contribution in [1.29, 1.82) is 0 Å². The predicted molar refractivity (Wildman–Crippen MR) is 78.6 cm³/mol. The zero-order valence-electron chi connectivity index (χ0n) is 12.4. The Balaban J connectivity index is 2.56. The second-order valence-corrected chi connectivity index (χ2v) is 5.58. The molecule has 110 valence electrons. The van der Waals surface area contributed by atoms with Gasteiger partial charge in [-0.1, -0.05) is 37.6 Å². The molecule has 0 saturated carbocycles. The fourth-order valence-electron chi connectivity index (χ4n) is 1.84. The van der Waals surface area contributed by atoms with E-state index in [4.69, 9.17) is 5.11 Å². The number of hydrogen-bond acceptors (Lipinski definition) is 2. The van der Waals surface area contributed by atoms with Gasteiger partial charge in [0, 0.05) is 0 Å². The Bertz CT molecular complexity index is 463. The molecule has 0 fully saturated rings. The van der Waals surface area contributed by atoms with E-state index in [1.807, 2.05) is 24.3 Å². The maximum atomic E-state index is 11.8. The van der Waals surface area contributed by atoms with Crippen molar-refractivity contribution in [2.45, 2.75) is 52.0 Å². The number of aryl methyl sites for hydroxylation is 1. The van der Waals surface area contributed by atoms with Gasteiger partial charge in [-0.25, -0.2) is 4.79 Å². The Labute approximate surface area is 120 Å². The molecule has 2 N–H and O–H groups in total. The number of aliphatic carboxylic acids is 1. The first-order valence-electron chi connectivity index (χ1n) is 6.97. The van der Waals surface area contributed by atoms with Crippen LogP contribution < -0.4 is 5.32 Å². The fraction of sp³-hybridized carbons (Fsp3) is 0.500. The third-order valence-corrected chi connectivity index (χ3v) is 3.19. The van der Waals surface area contributed by atoms with Gasteiger partial charge in [-0.2, -0.15) is 0 Å². The van der Waals surface area contributed by atoms with Crippen LogP contribution in [0.3, 0.4) is 0 Å². The van der Waals surface area contributed by atoms with Crippen LogP contribution >= 0.6 is 0 Å². The maximum Gasteiger partial charge on any atom is 0.328 e. The molecule has 1 rings (SSSR count). The molecule has 0 unspecified atom stereocenters. The molecule has 1 aromatic carbocycles. The lowest BCUT2D eigenvalue weighted by Gasteiger charge is -2.20. The van der Waals surface area contributed by atoms with Crippen LogP contribution in [0.2, 0.25) is 0 Å². The topological polar surface area (TPSA) is 66.4 Å². The zero-order chi connectivity index (χ0) is 15.2. The molecular weight excluding hydrogens is 254 g/mol. The van der Waals surface area contributed by atoms with Gasteiger partial charge in [-0.05, 0) is 37.8 Å². The smallest absolute Gasteiger partial charge is 0.328 e. The Hall–Kier alpha value is -1.84. The van der Waals surface area contributed by atoms with Gasteiger partial charge in [0.05, 0.1) is 6.42 Å². The lowest BCUT2D eigenvalue weighted by molar-refractivity contribution is -0.145. The summed E-state index contributed by atoms with van der Waals surface area (Å²) >= 11 is 0. The molecule has 0 aliphatic carbocycles. The van der Waals surface area contributed by atoms with E-state index in [1.165, 1.54) is 19.4 Å². The average Bonchev–Trinajstić information content (AvgIpc) is 2.37. The minimum atomic E-state index is -1.24. The summed E-state index contributed by atoms with van der Waals surface area (Å²) < 4.78 is 0. The number of unbranched alkanes of at least 4 members (excludes halogenated alkanes) is 1. The van der Waals surface area contributed by atoms with Crippen molar-refractivity contribution in [1.82, 2.24) is 5.32 Å². The van der Waals surface area contributed by atoms with Gasteiger partial charge >= 0.3 is 5.97 Å². The highest BCUT2D eigenvalue weighted by molar-refractivity contribution is 5.87. The number of carboxylic acids is 1. The van der Waals surface area contributed by atoms with E-state index in [-0.39, 0.29) is 12.3 Å².